The highest BCUT2D eigenvalue weighted by atomic mass is 32.1. The topological polar surface area (TPSA) is 75.4 Å². The van der Waals surface area contributed by atoms with Crippen LogP contribution in [0.15, 0.2) is 4.99 Å². The van der Waals surface area contributed by atoms with Crippen LogP contribution in [-0.4, -0.2) is 73.5 Å². The van der Waals surface area contributed by atoms with Crippen molar-refractivity contribution in [1.82, 2.24) is 10.2 Å². The largest absolute Gasteiger partial charge is 0.370 e. The summed E-state index contributed by atoms with van der Waals surface area (Å²) < 4.78 is 5.35. The molecule has 3 aliphatic rings. The summed E-state index contributed by atoms with van der Waals surface area (Å²) in [4.78, 5) is 32.6. The van der Waals surface area contributed by atoms with E-state index in [4.69, 9.17) is 17.0 Å². The minimum Gasteiger partial charge on any atom is -0.370 e. The highest BCUT2D eigenvalue weighted by Crippen LogP contribution is 2.25. The average Bonchev–Trinajstić information content (AvgIpc) is 2.65. The van der Waals surface area contributed by atoms with Crippen molar-refractivity contribution in [3.63, 3.8) is 0 Å². The molecule has 7 nitrogen and oxygen atoms in total. The molecule has 26 heavy (non-hydrogen) atoms. The Labute approximate surface area is 160 Å². The van der Waals surface area contributed by atoms with Gasteiger partial charge in [0.05, 0.1) is 19.8 Å². The molecule has 2 saturated heterocycles. The van der Waals surface area contributed by atoms with Gasteiger partial charge in [-0.3, -0.25) is 19.5 Å². The van der Waals surface area contributed by atoms with Crippen LogP contribution in [0, 0.1) is 5.92 Å². The van der Waals surface area contributed by atoms with E-state index in [2.05, 4.69) is 10.3 Å². The third-order valence-corrected chi connectivity index (χ3v) is 5.75. The maximum Gasteiger partial charge on any atom is 0.247 e. The summed E-state index contributed by atoms with van der Waals surface area (Å²) in [6.07, 6.45) is 7.78. The molecule has 0 unspecified atom stereocenters. The lowest BCUT2D eigenvalue weighted by Gasteiger charge is -2.38. The number of hydrogen-bond acceptors (Lipinski definition) is 5. The lowest BCUT2D eigenvalue weighted by Crippen LogP contribution is -3.14. The van der Waals surface area contributed by atoms with Crippen LogP contribution in [0.1, 0.15) is 38.5 Å². The Kier molecular flexibility index (Phi) is 7.10. The van der Waals surface area contributed by atoms with Crippen LogP contribution >= 0.6 is 12.2 Å². The van der Waals surface area contributed by atoms with Crippen molar-refractivity contribution < 1.29 is 19.2 Å². The Balaban J connectivity index is 1.51. The second kappa shape index (κ2) is 9.53. The number of carbonyl (C=O) groups is 2. The van der Waals surface area contributed by atoms with Crippen LogP contribution in [0.2, 0.25) is 0 Å². The van der Waals surface area contributed by atoms with Gasteiger partial charge in [0.2, 0.25) is 11.8 Å². The van der Waals surface area contributed by atoms with Gasteiger partial charge in [-0.15, -0.1) is 0 Å². The molecule has 0 spiro atoms. The zero-order valence-electron chi connectivity index (χ0n) is 15.2. The number of morpholine rings is 1. The minimum atomic E-state index is -0.848. The van der Waals surface area contributed by atoms with Gasteiger partial charge in [-0.05, 0) is 25.1 Å². The number of quaternary nitrogens is 1. The zero-order valence-corrected chi connectivity index (χ0v) is 16.1. The predicted octanol–water partition coefficient (Wildman–Crippen LogP) is -0.445. The summed E-state index contributed by atoms with van der Waals surface area (Å²) >= 11 is 5.26. The van der Waals surface area contributed by atoms with Crippen LogP contribution in [0.5, 0.6) is 0 Å². The molecule has 3 fully saturated rings. The number of rotatable bonds is 6. The van der Waals surface area contributed by atoms with E-state index < -0.39 is 5.92 Å². The fourth-order valence-corrected chi connectivity index (χ4v) is 4.27. The van der Waals surface area contributed by atoms with E-state index in [0.29, 0.717) is 6.54 Å². The number of nitrogens with one attached hydrogen (secondary N) is 2. The number of nitrogens with zero attached hydrogens (tertiary/aromatic N) is 2. The third kappa shape index (κ3) is 4.86. The predicted molar refractivity (Wildman–Crippen MR) is 102 cm³/mol. The first kappa shape index (κ1) is 19.4. The van der Waals surface area contributed by atoms with Gasteiger partial charge >= 0.3 is 0 Å². The summed E-state index contributed by atoms with van der Waals surface area (Å²) in [5.41, 5.74) is 0. The second-order valence-electron chi connectivity index (χ2n) is 7.29. The molecular formula is C18H29N4O3S+. The van der Waals surface area contributed by atoms with Gasteiger partial charge in [0.25, 0.3) is 0 Å². The molecule has 2 aliphatic heterocycles. The number of aliphatic imine (C=N–C) groups is 1. The van der Waals surface area contributed by atoms with Crippen LogP contribution in [0.4, 0.5) is 0 Å². The Morgan fingerprint density at radius 1 is 1.23 bits per heavy atom. The molecule has 1 saturated carbocycles. The molecule has 0 aromatic heterocycles. The molecule has 0 aromatic rings. The molecule has 2 N–H and O–H groups in total. The summed E-state index contributed by atoms with van der Waals surface area (Å²) in [6.45, 7) is 5.42. The maximum atomic E-state index is 12.8. The Morgan fingerprint density at radius 3 is 2.69 bits per heavy atom. The van der Waals surface area contributed by atoms with Gasteiger partial charge in [0.15, 0.2) is 11.0 Å². The first-order valence-corrected chi connectivity index (χ1v) is 10.2. The number of carbonyl (C=O) groups excluding carboxylic acids is 2. The van der Waals surface area contributed by atoms with Gasteiger partial charge in [0.1, 0.15) is 13.1 Å². The minimum absolute atomic E-state index is 0.116. The zero-order chi connectivity index (χ0) is 18.4. The van der Waals surface area contributed by atoms with E-state index in [0.717, 1.165) is 65.0 Å². The van der Waals surface area contributed by atoms with Crippen LogP contribution in [0.3, 0.4) is 0 Å². The van der Waals surface area contributed by atoms with E-state index in [-0.39, 0.29) is 23.0 Å². The van der Waals surface area contributed by atoms with Gasteiger partial charge in [-0.2, -0.15) is 0 Å². The quantitative estimate of drug-likeness (QED) is 0.283. The van der Waals surface area contributed by atoms with Crippen LogP contribution < -0.4 is 10.2 Å². The van der Waals surface area contributed by atoms with Gasteiger partial charge in [0, 0.05) is 25.2 Å². The normalized spacial score (nSPS) is 26.5. The van der Waals surface area contributed by atoms with E-state index in [1.54, 1.807) is 4.90 Å². The van der Waals surface area contributed by atoms with Crippen LogP contribution in [0.25, 0.3) is 0 Å². The molecule has 2 heterocycles. The van der Waals surface area contributed by atoms with Gasteiger partial charge in [-0.25, -0.2) is 0 Å². The summed E-state index contributed by atoms with van der Waals surface area (Å²) in [6, 6.07) is 0.116. The van der Waals surface area contributed by atoms with Crippen molar-refractivity contribution >= 4 is 35.4 Å². The molecule has 0 radical (unpaired) electrons. The number of hydrogen-bond donors (Lipinski definition) is 2. The Bertz CT molecular complexity index is 557. The highest BCUT2D eigenvalue weighted by molar-refractivity contribution is 7.80. The summed E-state index contributed by atoms with van der Waals surface area (Å²) in [5, 5.41) is 2.95. The molecule has 0 aromatic carbocycles. The number of ether oxygens (including phenoxy) is 1. The average molecular weight is 382 g/mol. The summed E-state index contributed by atoms with van der Waals surface area (Å²) in [5.74, 6) is -1.41. The van der Waals surface area contributed by atoms with Gasteiger partial charge < -0.3 is 15.0 Å². The van der Waals surface area contributed by atoms with Crippen molar-refractivity contribution in [3.8, 4) is 0 Å². The lowest BCUT2D eigenvalue weighted by molar-refractivity contribution is -0.908. The SMILES string of the molecule is O=C1NC(=S)N(C2CCCCC2)C(=O)[C@@H]1C=NCCC[NH+]1CCOCC1. The van der Waals surface area contributed by atoms with E-state index >= 15 is 0 Å². The van der Waals surface area contributed by atoms with E-state index in [1.165, 1.54) is 17.5 Å². The van der Waals surface area contributed by atoms with Crippen molar-refractivity contribution in [2.24, 2.45) is 10.9 Å². The Hall–Kier alpha value is -1.38. The molecule has 2 amide bonds. The molecule has 1 atom stereocenters. The fourth-order valence-electron chi connectivity index (χ4n) is 3.93. The fraction of sp³-hybridized carbons (Fsp3) is 0.778. The summed E-state index contributed by atoms with van der Waals surface area (Å²) in [7, 11) is 0. The van der Waals surface area contributed by atoms with Gasteiger partial charge in [-0.1, -0.05) is 19.3 Å². The van der Waals surface area contributed by atoms with Crippen LogP contribution in [-0.2, 0) is 14.3 Å². The molecule has 8 heteroatoms. The second-order valence-corrected chi connectivity index (χ2v) is 7.68. The molecular weight excluding hydrogens is 352 g/mol. The number of thiocarbonyl (C=S) groups is 1. The van der Waals surface area contributed by atoms with Crippen molar-refractivity contribution in [1.29, 1.82) is 0 Å². The van der Waals surface area contributed by atoms with Crippen molar-refractivity contribution in [2.75, 3.05) is 39.4 Å². The Morgan fingerprint density at radius 2 is 1.96 bits per heavy atom. The first-order valence-electron chi connectivity index (χ1n) is 9.76. The first-order chi connectivity index (χ1) is 12.7. The van der Waals surface area contributed by atoms with Crippen molar-refractivity contribution in [3.05, 3.63) is 0 Å². The maximum absolute atomic E-state index is 12.8. The molecule has 144 valence electrons. The van der Waals surface area contributed by atoms with E-state index in [9.17, 15) is 9.59 Å². The smallest absolute Gasteiger partial charge is 0.247 e. The molecule has 0 bridgehead atoms. The molecule has 1 aliphatic carbocycles. The van der Waals surface area contributed by atoms with E-state index in [1.807, 2.05) is 0 Å². The highest BCUT2D eigenvalue weighted by Gasteiger charge is 2.40. The molecule has 3 rings (SSSR count). The monoisotopic (exact) mass is 381 g/mol. The standard InChI is InChI=1S/C18H28N4O3S/c23-16-15(13-19-7-4-8-21-9-11-25-12-10-21)17(24)22(18(26)20-16)14-5-2-1-3-6-14/h13-15H,1-12H2,(H,20,23,26)/p+1/t15-/m1/s1. The van der Waals surface area contributed by atoms with Crippen molar-refractivity contribution in [2.45, 2.75) is 44.6 Å². The number of amides is 2. The third-order valence-electron chi connectivity index (χ3n) is 5.45. The lowest BCUT2D eigenvalue weighted by atomic mass is 9.92.